The lowest BCUT2D eigenvalue weighted by Gasteiger charge is -2.49. The quantitative estimate of drug-likeness (QED) is 0.884. The Morgan fingerprint density at radius 2 is 2.26 bits per heavy atom. The normalized spacial score (nSPS) is 23.9. The lowest BCUT2D eigenvalue weighted by atomic mass is 9.94. The molecule has 2 rings (SSSR count). The lowest BCUT2D eigenvalue weighted by molar-refractivity contribution is -0.152. The fourth-order valence-electron chi connectivity index (χ4n) is 2.82. The van der Waals surface area contributed by atoms with E-state index in [9.17, 15) is 4.79 Å². The number of piperazine rings is 1. The van der Waals surface area contributed by atoms with Crippen LogP contribution < -0.4 is 5.73 Å². The van der Waals surface area contributed by atoms with Crippen LogP contribution in [-0.2, 0) is 11.3 Å². The van der Waals surface area contributed by atoms with Gasteiger partial charge in [0.1, 0.15) is 5.76 Å². The van der Waals surface area contributed by atoms with Gasteiger partial charge in [-0.3, -0.25) is 9.69 Å². The van der Waals surface area contributed by atoms with Gasteiger partial charge in [-0.2, -0.15) is 0 Å². The standard InChI is InChI=1S/C14H23N3O2/c1-14(2)10-16(3)12(6-7-15)13(18)17(14)9-11-5-4-8-19-11/h4-5,8,12H,6-7,9-10,15H2,1-3H3. The predicted molar refractivity (Wildman–Crippen MR) is 73.4 cm³/mol. The number of hydrogen-bond donors (Lipinski definition) is 1. The van der Waals surface area contributed by atoms with Gasteiger partial charge in [0.25, 0.3) is 0 Å². The molecule has 0 bridgehead atoms. The lowest BCUT2D eigenvalue weighted by Crippen LogP contribution is -2.65. The molecule has 0 spiro atoms. The van der Waals surface area contributed by atoms with Gasteiger partial charge >= 0.3 is 0 Å². The van der Waals surface area contributed by atoms with E-state index >= 15 is 0 Å². The van der Waals surface area contributed by atoms with Crippen molar-refractivity contribution in [2.75, 3.05) is 20.1 Å². The predicted octanol–water partition coefficient (Wildman–Crippen LogP) is 1.05. The van der Waals surface area contributed by atoms with Crippen molar-refractivity contribution in [3.05, 3.63) is 24.2 Å². The average Bonchev–Trinajstić information content (AvgIpc) is 2.82. The molecule has 5 heteroatoms. The van der Waals surface area contributed by atoms with Gasteiger partial charge in [-0.15, -0.1) is 0 Å². The summed E-state index contributed by atoms with van der Waals surface area (Å²) in [5.41, 5.74) is 5.41. The molecular formula is C14H23N3O2. The number of hydrogen-bond acceptors (Lipinski definition) is 4. The van der Waals surface area contributed by atoms with Crippen molar-refractivity contribution in [3.8, 4) is 0 Å². The fourth-order valence-corrected chi connectivity index (χ4v) is 2.82. The largest absolute Gasteiger partial charge is 0.467 e. The molecule has 5 nitrogen and oxygen atoms in total. The zero-order chi connectivity index (χ0) is 14.0. The topological polar surface area (TPSA) is 62.7 Å². The van der Waals surface area contributed by atoms with E-state index in [1.165, 1.54) is 0 Å². The van der Waals surface area contributed by atoms with E-state index in [1.54, 1.807) is 6.26 Å². The number of likely N-dealkylation sites (N-methyl/N-ethyl adjacent to an activating group) is 1. The second-order valence-electron chi connectivity index (χ2n) is 5.82. The number of furan rings is 1. The number of carbonyl (C=O) groups excluding carboxylic acids is 1. The van der Waals surface area contributed by atoms with Crippen molar-refractivity contribution in [2.24, 2.45) is 5.73 Å². The summed E-state index contributed by atoms with van der Waals surface area (Å²) in [5, 5.41) is 0. The molecule has 0 saturated carbocycles. The second kappa shape index (κ2) is 5.35. The van der Waals surface area contributed by atoms with E-state index in [2.05, 4.69) is 18.7 Å². The van der Waals surface area contributed by atoms with Gasteiger partial charge in [0.15, 0.2) is 0 Å². The Labute approximate surface area is 114 Å². The third-order valence-electron chi connectivity index (χ3n) is 3.78. The fraction of sp³-hybridized carbons (Fsp3) is 0.643. The van der Waals surface area contributed by atoms with Crippen LogP contribution in [0.25, 0.3) is 0 Å². The van der Waals surface area contributed by atoms with E-state index in [0.717, 1.165) is 12.3 Å². The summed E-state index contributed by atoms with van der Waals surface area (Å²) in [6.07, 6.45) is 2.33. The summed E-state index contributed by atoms with van der Waals surface area (Å²) in [7, 11) is 1.99. The molecule has 1 aromatic rings. The SMILES string of the molecule is CN1CC(C)(C)N(Cc2ccco2)C(=O)C1CCN. The molecule has 1 unspecified atom stereocenters. The minimum Gasteiger partial charge on any atom is -0.467 e. The molecule has 1 amide bonds. The third-order valence-corrected chi connectivity index (χ3v) is 3.78. The van der Waals surface area contributed by atoms with Crippen LogP contribution in [0.3, 0.4) is 0 Å². The van der Waals surface area contributed by atoms with Crippen LogP contribution in [0, 0.1) is 0 Å². The Morgan fingerprint density at radius 1 is 1.53 bits per heavy atom. The Hall–Kier alpha value is -1.33. The van der Waals surface area contributed by atoms with Crippen LogP contribution in [0.4, 0.5) is 0 Å². The highest BCUT2D eigenvalue weighted by atomic mass is 16.3. The third kappa shape index (κ3) is 2.82. The molecule has 1 aliphatic rings. The smallest absolute Gasteiger partial charge is 0.240 e. The molecule has 2 N–H and O–H groups in total. The van der Waals surface area contributed by atoms with Crippen molar-refractivity contribution in [2.45, 2.75) is 38.4 Å². The van der Waals surface area contributed by atoms with Gasteiger partial charge in [0.05, 0.1) is 24.4 Å². The van der Waals surface area contributed by atoms with Crippen LogP contribution >= 0.6 is 0 Å². The number of carbonyl (C=O) groups is 1. The molecule has 106 valence electrons. The number of nitrogens with two attached hydrogens (primary N) is 1. The minimum atomic E-state index is -0.205. The molecule has 1 saturated heterocycles. The maximum atomic E-state index is 12.7. The van der Waals surface area contributed by atoms with E-state index in [4.69, 9.17) is 10.2 Å². The van der Waals surface area contributed by atoms with Gasteiger partial charge in [-0.05, 0) is 46.0 Å². The molecule has 19 heavy (non-hydrogen) atoms. The zero-order valence-electron chi connectivity index (χ0n) is 11.9. The first-order chi connectivity index (χ1) is 8.95. The van der Waals surface area contributed by atoms with E-state index in [0.29, 0.717) is 19.5 Å². The van der Waals surface area contributed by atoms with Gasteiger partial charge in [0.2, 0.25) is 5.91 Å². The average molecular weight is 265 g/mol. The van der Waals surface area contributed by atoms with Crippen LogP contribution in [0.5, 0.6) is 0 Å². The van der Waals surface area contributed by atoms with Crippen LogP contribution in [0.15, 0.2) is 22.8 Å². The maximum absolute atomic E-state index is 12.7. The molecule has 1 fully saturated rings. The molecule has 0 aromatic carbocycles. The van der Waals surface area contributed by atoms with Crippen LogP contribution in [0.1, 0.15) is 26.0 Å². The van der Waals surface area contributed by atoms with Crippen LogP contribution in [-0.4, -0.2) is 47.4 Å². The maximum Gasteiger partial charge on any atom is 0.240 e. The first kappa shape index (κ1) is 14.1. The number of nitrogens with zero attached hydrogens (tertiary/aromatic N) is 2. The van der Waals surface area contributed by atoms with E-state index in [1.807, 2.05) is 24.1 Å². The Morgan fingerprint density at radius 3 is 2.84 bits per heavy atom. The Balaban J connectivity index is 2.20. The van der Waals surface area contributed by atoms with Crippen molar-refractivity contribution in [3.63, 3.8) is 0 Å². The number of amides is 1. The second-order valence-corrected chi connectivity index (χ2v) is 5.82. The monoisotopic (exact) mass is 265 g/mol. The van der Waals surface area contributed by atoms with Gasteiger partial charge in [0, 0.05) is 6.54 Å². The molecule has 1 atom stereocenters. The molecular weight excluding hydrogens is 242 g/mol. The highest BCUT2D eigenvalue weighted by Gasteiger charge is 2.42. The summed E-state index contributed by atoms with van der Waals surface area (Å²) in [6, 6.07) is 3.63. The van der Waals surface area contributed by atoms with Gasteiger partial charge < -0.3 is 15.1 Å². The molecule has 1 aliphatic heterocycles. The van der Waals surface area contributed by atoms with Gasteiger partial charge in [-0.1, -0.05) is 0 Å². The molecule has 0 radical (unpaired) electrons. The van der Waals surface area contributed by atoms with Gasteiger partial charge in [-0.25, -0.2) is 0 Å². The Bertz CT molecular complexity index is 428. The molecule has 2 heterocycles. The zero-order valence-corrected chi connectivity index (χ0v) is 11.9. The van der Waals surface area contributed by atoms with E-state index in [-0.39, 0.29) is 17.5 Å². The van der Waals surface area contributed by atoms with Crippen LogP contribution in [0.2, 0.25) is 0 Å². The minimum absolute atomic E-state index is 0.118. The number of rotatable bonds is 4. The van der Waals surface area contributed by atoms with Crippen molar-refractivity contribution < 1.29 is 9.21 Å². The van der Waals surface area contributed by atoms with Crippen molar-refractivity contribution in [1.29, 1.82) is 0 Å². The van der Waals surface area contributed by atoms with E-state index < -0.39 is 0 Å². The summed E-state index contributed by atoms with van der Waals surface area (Å²) >= 11 is 0. The molecule has 0 aliphatic carbocycles. The summed E-state index contributed by atoms with van der Waals surface area (Å²) in [4.78, 5) is 16.7. The highest BCUT2D eigenvalue weighted by molar-refractivity contribution is 5.83. The highest BCUT2D eigenvalue weighted by Crippen LogP contribution is 2.27. The van der Waals surface area contributed by atoms with Crippen molar-refractivity contribution in [1.82, 2.24) is 9.80 Å². The first-order valence-electron chi connectivity index (χ1n) is 6.70. The Kier molecular flexibility index (Phi) is 3.96. The molecule has 1 aromatic heterocycles. The summed E-state index contributed by atoms with van der Waals surface area (Å²) in [6.45, 7) is 6.06. The summed E-state index contributed by atoms with van der Waals surface area (Å²) < 4.78 is 5.37. The van der Waals surface area contributed by atoms with Crippen molar-refractivity contribution >= 4 is 5.91 Å². The first-order valence-corrected chi connectivity index (χ1v) is 6.70. The summed E-state index contributed by atoms with van der Waals surface area (Å²) in [5.74, 6) is 0.957.